The topological polar surface area (TPSA) is 71.8 Å². The van der Waals surface area contributed by atoms with Crippen molar-refractivity contribution in [3.8, 4) is 23.0 Å². The molecule has 0 aliphatic carbocycles. The lowest BCUT2D eigenvalue weighted by atomic mass is 10.1. The van der Waals surface area contributed by atoms with Gasteiger partial charge in [-0.2, -0.15) is 10.4 Å². The summed E-state index contributed by atoms with van der Waals surface area (Å²) in [6.45, 7) is 0. The molecular formula is C16H10N6. The fraction of sp³-hybridized carbons (Fsp3) is 0. The van der Waals surface area contributed by atoms with E-state index in [1.165, 1.54) is 6.20 Å². The van der Waals surface area contributed by atoms with E-state index in [0.29, 0.717) is 11.2 Å². The second kappa shape index (κ2) is 4.82. The standard InChI is InChI=1S/C16H10N6/c17-9-13-10-20-22-15(4-5-19-16(13)22)12-2-1-3-14(8-12)21-7-6-18-11-21/h1-8,10-11H. The van der Waals surface area contributed by atoms with Gasteiger partial charge in [-0.25, -0.2) is 14.5 Å². The van der Waals surface area contributed by atoms with Crippen molar-refractivity contribution in [3.63, 3.8) is 0 Å². The van der Waals surface area contributed by atoms with Crippen LogP contribution in [0, 0.1) is 11.3 Å². The molecule has 0 N–H and O–H groups in total. The van der Waals surface area contributed by atoms with Crippen molar-refractivity contribution in [1.29, 1.82) is 5.26 Å². The Balaban J connectivity index is 1.91. The fourth-order valence-corrected chi connectivity index (χ4v) is 2.43. The van der Waals surface area contributed by atoms with E-state index in [0.717, 1.165) is 16.9 Å². The van der Waals surface area contributed by atoms with E-state index in [2.05, 4.69) is 21.1 Å². The molecule has 0 amide bonds. The van der Waals surface area contributed by atoms with Gasteiger partial charge in [0, 0.05) is 29.8 Å². The number of nitriles is 1. The van der Waals surface area contributed by atoms with Gasteiger partial charge in [0.15, 0.2) is 5.65 Å². The molecule has 0 atom stereocenters. The lowest BCUT2D eigenvalue weighted by Crippen LogP contribution is -1.97. The first-order valence-electron chi connectivity index (χ1n) is 6.68. The Kier molecular flexibility index (Phi) is 2.70. The van der Waals surface area contributed by atoms with Crippen LogP contribution in [0.5, 0.6) is 0 Å². The van der Waals surface area contributed by atoms with Crippen molar-refractivity contribution in [2.24, 2.45) is 0 Å². The molecule has 3 aromatic heterocycles. The smallest absolute Gasteiger partial charge is 0.173 e. The maximum atomic E-state index is 9.10. The van der Waals surface area contributed by atoms with E-state index in [4.69, 9.17) is 5.26 Å². The van der Waals surface area contributed by atoms with Gasteiger partial charge in [0.1, 0.15) is 11.6 Å². The third-order valence-corrected chi connectivity index (χ3v) is 3.47. The Labute approximate surface area is 125 Å². The maximum absolute atomic E-state index is 9.10. The highest BCUT2D eigenvalue weighted by Crippen LogP contribution is 2.23. The third kappa shape index (κ3) is 1.84. The van der Waals surface area contributed by atoms with E-state index in [1.807, 2.05) is 41.1 Å². The van der Waals surface area contributed by atoms with Gasteiger partial charge in [-0.15, -0.1) is 0 Å². The van der Waals surface area contributed by atoms with Gasteiger partial charge in [0.25, 0.3) is 0 Å². The number of hydrogen-bond acceptors (Lipinski definition) is 4. The van der Waals surface area contributed by atoms with Crippen LogP contribution in [-0.2, 0) is 0 Å². The summed E-state index contributed by atoms with van der Waals surface area (Å²) in [5, 5.41) is 13.4. The van der Waals surface area contributed by atoms with Crippen LogP contribution in [0.1, 0.15) is 5.56 Å². The Morgan fingerprint density at radius 3 is 2.91 bits per heavy atom. The first-order valence-corrected chi connectivity index (χ1v) is 6.68. The summed E-state index contributed by atoms with van der Waals surface area (Å²) < 4.78 is 3.62. The van der Waals surface area contributed by atoms with Crippen molar-refractivity contribution < 1.29 is 0 Å². The largest absolute Gasteiger partial charge is 0.306 e. The van der Waals surface area contributed by atoms with Crippen LogP contribution >= 0.6 is 0 Å². The first kappa shape index (κ1) is 12.3. The van der Waals surface area contributed by atoms with Crippen LogP contribution < -0.4 is 0 Å². The number of fused-ring (bicyclic) bond motifs is 1. The Morgan fingerprint density at radius 1 is 1.14 bits per heavy atom. The molecule has 0 unspecified atom stereocenters. The van der Waals surface area contributed by atoms with Crippen molar-refractivity contribution in [2.45, 2.75) is 0 Å². The van der Waals surface area contributed by atoms with Crippen LogP contribution in [0.2, 0.25) is 0 Å². The second-order valence-corrected chi connectivity index (χ2v) is 4.76. The second-order valence-electron chi connectivity index (χ2n) is 4.76. The highest BCUT2D eigenvalue weighted by Gasteiger charge is 2.10. The normalized spacial score (nSPS) is 10.7. The Hall–Kier alpha value is -3.46. The molecule has 0 radical (unpaired) electrons. The molecule has 0 spiro atoms. The number of nitrogens with zero attached hydrogens (tertiary/aromatic N) is 6. The quantitative estimate of drug-likeness (QED) is 0.567. The lowest BCUT2D eigenvalue weighted by Gasteiger charge is -2.07. The molecule has 6 heteroatoms. The fourth-order valence-electron chi connectivity index (χ4n) is 2.43. The number of benzene rings is 1. The highest BCUT2D eigenvalue weighted by molar-refractivity contribution is 5.67. The minimum absolute atomic E-state index is 0.465. The molecule has 0 aliphatic heterocycles. The van der Waals surface area contributed by atoms with Gasteiger partial charge in [-0.3, -0.25) is 0 Å². The lowest BCUT2D eigenvalue weighted by molar-refractivity contribution is 0.947. The van der Waals surface area contributed by atoms with Gasteiger partial charge in [0.2, 0.25) is 0 Å². The predicted octanol–water partition coefficient (Wildman–Crippen LogP) is 2.45. The Bertz CT molecular complexity index is 991. The molecule has 0 saturated carbocycles. The van der Waals surface area contributed by atoms with E-state index in [1.54, 1.807) is 23.2 Å². The molecule has 0 aliphatic rings. The summed E-state index contributed by atoms with van der Waals surface area (Å²) in [6.07, 6.45) is 8.61. The number of aromatic nitrogens is 5. The van der Waals surface area contributed by atoms with Gasteiger partial charge >= 0.3 is 0 Å². The molecule has 4 rings (SSSR count). The van der Waals surface area contributed by atoms with Crippen molar-refractivity contribution in [2.75, 3.05) is 0 Å². The summed E-state index contributed by atoms with van der Waals surface area (Å²) in [5.41, 5.74) is 3.91. The zero-order chi connectivity index (χ0) is 14.9. The average molecular weight is 286 g/mol. The van der Waals surface area contributed by atoms with E-state index in [9.17, 15) is 0 Å². The molecule has 3 heterocycles. The minimum atomic E-state index is 0.465. The minimum Gasteiger partial charge on any atom is -0.306 e. The molecule has 0 bridgehead atoms. The van der Waals surface area contributed by atoms with Crippen molar-refractivity contribution >= 4 is 5.65 Å². The monoisotopic (exact) mass is 286 g/mol. The first-order chi connectivity index (χ1) is 10.9. The van der Waals surface area contributed by atoms with Crippen LogP contribution in [0.4, 0.5) is 0 Å². The SMILES string of the molecule is N#Cc1cnn2c(-c3cccc(-n4ccnc4)c3)ccnc12. The molecule has 4 aromatic rings. The van der Waals surface area contributed by atoms with Crippen LogP contribution in [0.3, 0.4) is 0 Å². The van der Waals surface area contributed by atoms with Crippen LogP contribution in [0.15, 0.2) is 61.4 Å². The van der Waals surface area contributed by atoms with Crippen molar-refractivity contribution in [1.82, 2.24) is 24.1 Å². The van der Waals surface area contributed by atoms with Crippen molar-refractivity contribution in [3.05, 3.63) is 67.0 Å². The summed E-state index contributed by atoms with van der Waals surface area (Å²) in [7, 11) is 0. The summed E-state index contributed by atoms with van der Waals surface area (Å²) in [5.74, 6) is 0. The number of hydrogen-bond donors (Lipinski definition) is 0. The van der Waals surface area contributed by atoms with Gasteiger partial charge in [0.05, 0.1) is 18.2 Å². The highest BCUT2D eigenvalue weighted by atomic mass is 15.3. The molecule has 22 heavy (non-hydrogen) atoms. The van der Waals surface area contributed by atoms with Crippen LogP contribution in [-0.4, -0.2) is 24.1 Å². The molecule has 6 nitrogen and oxygen atoms in total. The maximum Gasteiger partial charge on any atom is 0.173 e. The summed E-state index contributed by atoms with van der Waals surface area (Å²) in [4.78, 5) is 8.30. The molecular weight excluding hydrogens is 276 g/mol. The summed E-state index contributed by atoms with van der Waals surface area (Å²) in [6, 6.07) is 12.0. The average Bonchev–Trinajstić information content (AvgIpc) is 3.24. The predicted molar refractivity (Wildman–Crippen MR) is 80.3 cm³/mol. The van der Waals surface area contributed by atoms with Gasteiger partial charge < -0.3 is 4.57 Å². The zero-order valence-electron chi connectivity index (χ0n) is 11.5. The van der Waals surface area contributed by atoms with Crippen LogP contribution in [0.25, 0.3) is 22.6 Å². The van der Waals surface area contributed by atoms with Gasteiger partial charge in [-0.05, 0) is 18.2 Å². The number of rotatable bonds is 2. The molecule has 0 saturated heterocycles. The summed E-state index contributed by atoms with van der Waals surface area (Å²) >= 11 is 0. The molecule has 0 fully saturated rings. The third-order valence-electron chi connectivity index (χ3n) is 3.47. The molecule has 1 aromatic carbocycles. The van der Waals surface area contributed by atoms with E-state index >= 15 is 0 Å². The van der Waals surface area contributed by atoms with Gasteiger partial charge in [-0.1, -0.05) is 12.1 Å². The van der Waals surface area contributed by atoms with E-state index < -0.39 is 0 Å². The Morgan fingerprint density at radius 2 is 2.09 bits per heavy atom. The number of imidazole rings is 1. The molecule has 104 valence electrons. The zero-order valence-corrected chi connectivity index (χ0v) is 11.5. The van der Waals surface area contributed by atoms with E-state index in [-0.39, 0.29) is 0 Å².